The maximum absolute atomic E-state index is 12.7. The van der Waals surface area contributed by atoms with Crippen molar-refractivity contribution in [3.05, 3.63) is 35.4 Å². The molecule has 1 aliphatic carbocycles. The molecule has 1 aliphatic rings. The lowest BCUT2D eigenvalue weighted by Crippen LogP contribution is -2.39. The molecule has 4 heteroatoms. The fourth-order valence-corrected chi connectivity index (χ4v) is 3.62. The third-order valence-electron chi connectivity index (χ3n) is 4.24. The maximum atomic E-state index is 12.7. The lowest BCUT2D eigenvalue weighted by atomic mass is 9.70. The average molecular weight is 299 g/mol. The van der Waals surface area contributed by atoms with Crippen LogP contribution in [0.1, 0.15) is 51.2 Å². The van der Waals surface area contributed by atoms with Crippen molar-refractivity contribution < 1.29 is 13.2 Å². The number of alkyl halides is 3. The molecule has 0 saturated heterocycles. The second kappa shape index (κ2) is 5.99. The predicted molar refractivity (Wildman–Crippen MR) is 78.9 cm³/mol. The molecule has 1 fully saturated rings. The summed E-state index contributed by atoms with van der Waals surface area (Å²) in [5.74, 6) is 0.660. The van der Waals surface area contributed by atoms with Crippen LogP contribution in [0.5, 0.6) is 0 Å². The Hall–Kier alpha value is -1.03. The summed E-state index contributed by atoms with van der Waals surface area (Å²) in [6.07, 6.45) is -0.870. The molecule has 1 aromatic rings. The molecular weight excluding hydrogens is 275 g/mol. The van der Waals surface area contributed by atoms with Gasteiger partial charge in [-0.15, -0.1) is 0 Å². The normalized spacial score (nSPS) is 25.8. The lowest BCUT2D eigenvalue weighted by Gasteiger charge is -2.39. The first kappa shape index (κ1) is 16.3. The summed E-state index contributed by atoms with van der Waals surface area (Å²) in [6, 6.07) is 5.98. The lowest BCUT2D eigenvalue weighted by molar-refractivity contribution is -0.137. The van der Waals surface area contributed by atoms with Crippen molar-refractivity contribution in [1.82, 2.24) is 5.32 Å². The molecule has 0 amide bonds. The molecule has 0 aliphatic heterocycles. The second-order valence-electron chi connectivity index (χ2n) is 7.19. The Morgan fingerprint density at radius 2 is 1.95 bits per heavy atom. The fourth-order valence-electron chi connectivity index (χ4n) is 3.62. The summed E-state index contributed by atoms with van der Waals surface area (Å²) in [5, 5.41) is 3.44. The highest BCUT2D eigenvalue weighted by molar-refractivity contribution is 5.25. The zero-order valence-electron chi connectivity index (χ0n) is 12.9. The van der Waals surface area contributed by atoms with Crippen LogP contribution in [0, 0.1) is 11.3 Å². The van der Waals surface area contributed by atoms with Gasteiger partial charge in [-0.05, 0) is 42.2 Å². The van der Waals surface area contributed by atoms with Crippen molar-refractivity contribution in [3.63, 3.8) is 0 Å². The molecule has 2 rings (SSSR count). The summed E-state index contributed by atoms with van der Waals surface area (Å²) in [7, 11) is 0. The Morgan fingerprint density at radius 3 is 2.57 bits per heavy atom. The molecule has 1 saturated carbocycles. The molecule has 2 atom stereocenters. The minimum absolute atomic E-state index is 0.309. The molecule has 0 heterocycles. The molecule has 0 aromatic heterocycles. The highest BCUT2D eigenvalue weighted by Gasteiger charge is 2.32. The van der Waals surface area contributed by atoms with Gasteiger partial charge >= 0.3 is 6.18 Å². The van der Waals surface area contributed by atoms with Crippen LogP contribution in [-0.2, 0) is 12.7 Å². The quantitative estimate of drug-likeness (QED) is 0.827. The van der Waals surface area contributed by atoms with Gasteiger partial charge in [-0.2, -0.15) is 13.2 Å². The van der Waals surface area contributed by atoms with E-state index in [1.807, 2.05) is 0 Å². The number of rotatable bonds is 3. The van der Waals surface area contributed by atoms with Gasteiger partial charge in [0.25, 0.3) is 0 Å². The van der Waals surface area contributed by atoms with E-state index < -0.39 is 11.7 Å². The van der Waals surface area contributed by atoms with Crippen molar-refractivity contribution >= 4 is 0 Å². The van der Waals surface area contributed by atoms with Crippen molar-refractivity contribution in [2.45, 2.75) is 58.8 Å². The van der Waals surface area contributed by atoms with Gasteiger partial charge in [-0.25, -0.2) is 0 Å². The van der Waals surface area contributed by atoms with Crippen LogP contribution in [0.4, 0.5) is 13.2 Å². The Kier molecular flexibility index (Phi) is 4.66. The van der Waals surface area contributed by atoms with Crippen LogP contribution < -0.4 is 5.32 Å². The highest BCUT2D eigenvalue weighted by Crippen LogP contribution is 2.38. The number of halogens is 3. The summed E-state index contributed by atoms with van der Waals surface area (Å²) < 4.78 is 38.1. The Labute approximate surface area is 124 Å². The monoisotopic (exact) mass is 299 g/mol. The zero-order valence-corrected chi connectivity index (χ0v) is 12.9. The van der Waals surface area contributed by atoms with E-state index in [4.69, 9.17) is 0 Å². The van der Waals surface area contributed by atoms with E-state index in [9.17, 15) is 13.2 Å². The molecule has 118 valence electrons. The van der Waals surface area contributed by atoms with Crippen molar-refractivity contribution in [2.24, 2.45) is 11.3 Å². The van der Waals surface area contributed by atoms with Crippen LogP contribution in [0.15, 0.2) is 24.3 Å². The first-order chi connectivity index (χ1) is 9.66. The third kappa shape index (κ3) is 4.73. The van der Waals surface area contributed by atoms with Gasteiger partial charge in [-0.1, -0.05) is 39.0 Å². The Morgan fingerprint density at radius 1 is 1.24 bits per heavy atom. The molecule has 21 heavy (non-hydrogen) atoms. The molecule has 0 bridgehead atoms. The minimum atomic E-state index is -4.27. The second-order valence-corrected chi connectivity index (χ2v) is 7.19. The van der Waals surface area contributed by atoms with Crippen LogP contribution in [0.25, 0.3) is 0 Å². The molecule has 0 spiro atoms. The molecule has 1 nitrogen and oxygen atoms in total. The van der Waals surface area contributed by atoms with E-state index in [1.54, 1.807) is 6.07 Å². The average Bonchev–Trinajstić information content (AvgIpc) is 2.33. The summed E-state index contributed by atoms with van der Waals surface area (Å²) in [6.45, 7) is 7.28. The topological polar surface area (TPSA) is 12.0 Å². The van der Waals surface area contributed by atoms with Gasteiger partial charge in [0.1, 0.15) is 0 Å². The summed E-state index contributed by atoms with van der Waals surface area (Å²) in [4.78, 5) is 0. The zero-order chi connectivity index (χ0) is 15.7. The number of nitrogens with one attached hydrogen (secondary N) is 1. The Balaban J connectivity index is 1.97. The first-order valence-corrected chi connectivity index (χ1v) is 7.55. The van der Waals surface area contributed by atoms with Crippen molar-refractivity contribution in [3.8, 4) is 0 Å². The van der Waals surface area contributed by atoms with Gasteiger partial charge in [0, 0.05) is 12.6 Å². The summed E-state index contributed by atoms with van der Waals surface area (Å²) in [5.41, 5.74) is 0.434. The molecular formula is C17H24F3N. The molecule has 2 unspecified atom stereocenters. The molecule has 0 radical (unpaired) electrons. The summed E-state index contributed by atoms with van der Waals surface area (Å²) >= 11 is 0. The molecule has 1 N–H and O–H groups in total. The van der Waals surface area contributed by atoms with Gasteiger partial charge in [0.2, 0.25) is 0 Å². The molecule has 1 aromatic carbocycles. The van der Waals surface area contributed by atoms with Crippen LogP contribution in [-0.4, -0.2) is 6.04 Å². The third-order valence-corrected chi connectivity index (χ3v) is 4.24. The van der Waals surface area contributed by atoms with Gasteiger partial charge < -0.3 is 5.32 Å². The van der Waals surface area contributed by atoms with Crippen LogP contribution in [0.2, 0.25) is 0 Å². The van der Waals surface area contributed by atoms with E-state index in [-0.39, 0.29) is 0 Å². The number of hydrogen-bond donors (Lipinski definition) is 1. The van der Waals surface area contributed by atoms with Crippen molar-refractivity contribution in [1.29, 1.82) is 0 Å². The van der Waals surface area contributed by atoms with Crippen LogP contribution in [0.3, 0.4) is 0 Å². The minimum Gasteiger partial charge on any atom is -0.310 e. The predicted octanol–water partition coefficient (Wildman–Crippen LogP) is 5.01. The van der Waals surface area contributed by atoms with Crippen molar-refractivity contribution in [2.75, 3.05) is 0 Å². The largest absolute Gasteiger partial charge is 0.416 e. The number of hydrogen-bond acceptors (Lipinski definition) is 1. The standard InChI is InChI=1S/C17H24F3N/c1-12-7-15(10-16(2,3)9-12)21-11-13-5-4-6-14(8-13)17(18,19)20/h4-6,8,12,15,21H,7,9-11H2,1-3H3. The SMILES string of the molecule is CC1CC(NCc2cccc(C(F)(F)F)c2)CC(C)(C)C1. The van der Waals surface area contributed by atoms with E-state index in [2.05, 4.69) is 26.1 Å². The van der Waals surface area contributed by atoms with Gasteiger partial charge in [0.15, 0.2) is 0 Å². The number of benzene rings is 1. The highest BCUT2D eigenvalue weighted by atomic mass is 19.4. The Bertz CT molecular complexity index is 479. The van der Waals surface area contributed by atoms with E-state index in [1.165, 1.54) is 18.6 Å². The first-order valence-electron chi connectivity index (χ1n) is 7.55. The smallest absolute Gasteiger partial charge is 0.310 e. The fraction of sp³-hybridized carbons (Fsp3) is 0.647. The van der Waals surface area contributed by atoms with Crippen LogP contribution >= 0.6 is 0 Å². The van der Waals surface area contributed by atoms with E-state index in [0.717, 1.165) is 18.9 Å². The van der Waals surface area contributed by atoms with Gasteiger partial charge in [0.05, 0.1) is 5.56 Å². The maximum Gasteiger partial charge on any atom is 0.416 e. The van der Waals surface area contributed by atoms with E-state index >= 15 is 0 Å². The van der Waals surface area contributed by atoms with Gasteiger partial charge in [-0.3, -0.25) is 0 Å². The van der Waals surface area contributed by atoms with E-state index in [0.29, 0.717) is 29.5 Å².